The Balaban J connectivity index is 1.64. The SMILES string of the molecule is O=C(CCN(Cc1cccc(Cl)c1)C(=O)C1CCC(O)CC1)N1CCNCC1. The number of nitrogens with one attached hydrogen (secondary N) is 1. The number of aliphatic hydroxyl groups excluding tert-OH is 1. The van der Waals surface area contributed by atoms with Gasteiger partial charge in [0.1, 0.15) is 0 Å². The number of nitrogens with zero attached hydrogens (tertiary/aromatic N) is 2. The van der Waals surface area contributed by atoms with Gasteiger partial charge in [0.2, 0.25) is 11.8 Å². The number of amides is 2. The lowest BCUT2D eigenvalue weighted by atomic mass is 9.86. The first-order valence-corrected chi connectivity index (χ1v) is 10.6. The smallest absolute Gasteiger partial charge is 0.225 e. The van der Waals surface area contributed by atoms with Crippen LogP contribution < -0.4 is 5.32 Å². The van der Waals surface area contributed by atoms with Crippen molar-refractivity contribution in [2.45, 2.75) is 44.8 Å². The number of carbonyl (C=O) groups excluding carboxylic acids is 2. The minimum absolute atomic E-state index is 0.0723. The number of aliphatic hydroxyl groups is 1. The summed E-state index contributed by atoms with van der Waals surface area (Å²) in [7, 11) is 0. The second-order valence-electron chi connectivity index (χ2n) is 7.78. The van der Waals surface area contributed by atoms with Gasteiger partial charge >= 0.3 is 0 Å². The van der Waals surface area contributed by atoms with Crippen LogP contribution in [0.2, 0.25) is 5.02 Å². The molecular formula is C21H30ClN3O3. The van der Waals surface area contributed by atoms with Gasteiger partial charge in [-0.3, -0.25) is 9.59 Å². The summed E-state index contributed by atoms with van der Waals surface area (Å²) >= 11 is 6.10. The Hall–Kier alpha value is -1.63. The van der Waals surface area contributed by atoms with Gasteiger partial charge < -0.3 is 20.2 Å². The van der Waals surface area contributed by atoms with Crippen LogP contribution in [0, 0.1) is 5.92 Å². The molecule has 3 rings (SSSR count). The van der Waals surface area contributed by atoms with Crippen molar-refractivity contribution in [3.63, 3.8) is 0 Å². The summed E-state index contributed by atoms with van der Waals surface area (Å²) in [4.78, 5) is 29.4. The molecule has 2 N–H and O–H groups in total. The van der Waals surface area contributed by atoms with Crippen LogP contribution in [0.25, 0.3) is 0 Å². The predicted molar refractivity (Wildman–Crippen MR) is 109 cm³/mol. The van der Waals surface area contributed by atoms with Crippen molar-refractivity contribution in [2.24, 2.45) is 5.92 Å². The maximum atomic E-state index is 13.2. The lowest BCUT2D eigenvalue weighted by Gasteiger charge is -2.32. The largest absolute Gasteiger partial charge is 0.393 e. The van der Waals surface area contributed by atoms with Crippen molar-refractivity contribution in [1.29, 1.82) is 0 Å². The Morgan fingerprint density at radius 1 is 1.18 bits per heavy atom. The van der Waals surface area contributed by atoms with E-state index in [0.717, 1.165) is 31.7 Å². The Kier molecular flexibility index (Phi) is 7.71. The number of hydrogen-bond donors (Lipinski definition) is 2. The van der Waals surface area contributed by atoms with E-state index in [1.807, 2.05) is 29.2 Å². The van der Waals surface area contributed by atoms with Gasteiger partial charge in [0, 0.05) is 56.6 Å². The average molecular weight is 408 g/mol. The Morgan fingerprint density at radius 2 is 1.89 bits per heavy atom. The molecule has 1 saturated heterocycles. The molecule has 2 amide bonds. The molecule has 0 bridgehead atoms. The molecule has 1 aliphatic carbocycles. The summed E-state index contributed by atoms with van der Waals surface area (Å²) in [6.07, 6.45) is 2.79. The van der Waals surface area contributed by atoms with Crippen molar-refractivity contribution >= 4 is 23.4 Å². The van der Waals surface area contributed by atoms with Crippen LogP contribution in [0.3, 0.4) is 0 Å². The second kappa shape index (κ2) is 10.2. The van der Waals surface area contributed by atoms with Crippen LogP contribution >= 0.6 is 11.6 Å². The molecule has 0 aromatic heterocycles. The van der Waals surface area contributed by atoms with Crippen molar-refractivity contribution in [2.75, 3.05) is 32.7 Å². The molecule has 2 fully saturated rings. The minimum Gasteiger partial charge on any atom is -0.393 e. The molecule has 0 unspecified atom stereocenters. The zero-order valence-corrected chi connectivity index (χ0v) is 17.0. The second-order valence-corrected chi connectivity index (χ2v) is 8.21. The molecule has 154 valence electrons. The molecule has 1 aromatic carbocycles. The van der Waals surface area contributed by atoms with Gasteiger partial charge in [0.05, 0.1) is 6.10 Å². The van der Waals surface area contributed by atoms with Crippen molar-refractivity contribution in [1.82, 2.24) is 15.1 Å². The molecule has 1 aromatic rings. The topological polar surface area (TPSA) is 72.9 Å². The van der Waals surface area contributed by atoms with Gasteiger partial charge in [-0.15, -0.1) is 0 Å². The Bertz CT molecular complexity index is 671. The monoisotopic (exact) mass is 407 g/mol. The number of halogens is 1. The van der Waals surface area contributed by atoms with Crippen molar-refractivity contribution < 1.29 is 14.7 Å². The van der Waals surface area contributed by atoms with E-state index in [9.17, 15) is 14.7 Å². The number of benzene rings is 1. The first kappa shape index (κ1) is 21.1. The maximum absolute atomic E-state index is 13.2. The molecule has 0 atom stereocenters. The molecule has 6 nitrogen and oxygen atoms in total. The molecular weight excluding hydrogens is 378 g/mol. The molecule has 28 heavy (non-hydrogen) atoms. The molecule has 1 aliphatic heterocycles. The van der Waals surface area contributed by atoms with E-state index in [2.05, 4.69) is 5.32 Å². The highest BCUT2D eigenvalue weighted by molar-refractivity contribution is 6.30. The quantitative estimate of drug-likeness (QED) is 0.756. The van der Waals surface area contributed by atoms with Gasteiger partial charge in [-0.05, 0) is 43.4 Å². The predicted octanol–water partition coefficient (Wildman–Crippen LogP) is 2.04. The van der Waals surface area contributed by atoms with E-state index in [1.54, 1.807) is 4.90 Å². The molecule has 1 saturated carbocycles. The highest BCUT2D eigenvalue weighted by Crippen LogP contribution is 2.27. The normalized spacial score (nSPS) is 22.7. The van der Waals surface area contributed by atoms with E-state index >= 15 is 0 Å². The van der Waals surface area contributed by atoms with Gasteiger partial charge in [-0.2, -0.15) is 0 Å². The van der Waals surface area contributed by atoms with E-state index in [4.69, 9.17) is 11.6 Å². The van der Waals surface area contributed by atoms with Gasteiger partial charge in [0.15, 0.2) is 0 Å². The number of piperazine rings is 1. The lowest BCUT2D eigenvalue weighted by molar-refractivity contribution is -0.139. The zero-order valence-electron chi connectivity index (χ0n) is 16.3. The lowest BCUT2D eigenvalue weighted by Crippen LogP contribution is -2.47. The van der Waals surface area contributed by atoms with Crippen LogP contribution in [0.5, 0.6) is 0 Å². The van der Waals surface area contributed by atoms with E-state index < -0.39 is 0 Å². The molecule has 2 aliphatic rings. The third-order valence-electron chi connectivity index (χ3n) is 5.69. The first-order chi connectivity index (χ1) is 13.5. The molecule has 7 heteroatoms. The summed E-state index contributed by atoms with van der Waals surface area (Å²) in [5.41, 5.74) is 0.964. The van der Waals surface area contributed by atoms with Crippen LogP contribution in [0.4, 0.5) is 0 Å². The summed E-state index contributed by atoms with van der Waals surface area (Å²) in [5, 5.41) is 13.6. The van der Waals surface area contributed by atoms with E-state index in [-0.39, 0.29) is 23.8 Å². The number of hydrogen-bond acceptors (Lipinski definition) is 4. The van der Waals surface area contributed by atoms with Crippen LogP contribution in [-0.4, -0.2) is 65.5 Å². The fourth-order valence-electron chi connectivity index (χ4n) is 4.01. The molecule has 0 spiro atoms. The molecule has 0 radical (unpaired) electrons. The van der Waals surface area contributed by atoms with E-state index in [0.29, 0.717) is 50.2 Å². The summed E-state index contributed by atoms with van der Waals surface area (Å²) in [6, 6.07) is 7.51. The average Bonchev–Trinajstić information content (AvgIpc) is 2.71. The van der Waals surface area contributed by atoms with Gasteiger partial charge in [-0.1, -0.05) is 23.7 Å². The number of carbonyl (C=O) groups is 2. The Labute approximate surface area is 171 Å². The third-order valence-corrected chi connectivity index (χ3v) is 5.92. The van der Waals surface area contributed by atoms with Crippen LogP contribution in [0.1, 0.15) is 37.7 Å². The highest BCUT2D eigenvalue weighted by Gasteiger charge is 2.29. The number of rotatable bonds is 6. The standard InChI is InChI=1S/C21H30ClN3O3/c22-18-3-1-2-16(14-18)15-25(21(28)17-4-6-19(26)7-5-17)11-8-20(27)24-12-9-23-10-13-24/h1-3,14,17,19,23,26H,4-13,15H2. The molecule has 1 heterocycles. The summed E-state index contributed by atoms with van der Waals surface area (Å²) in [5.74, 6) is 0.112. The van der Waals surface area contributed by atoms with Crippen LogP contribution in [0.15, 0.2) is 24.3 Å². The van der Waals surface area contributed by atoms with E-state index in [1.165, 1.54) is 0 Å². The van der Waals surface area contributed by atoms with Gasteiger partial charge in [0.25, 0.3) is 0 Å². The fourth-order valence-corrected chi connectivity index (χ4v) is 4.22. The van der Waals surface area contributed by atoms with Gasteiger partial charge in [-0.25, -0.2) is 0 Å². The zero-order chi connectivity index (χ0) is 19.9. The van der Waals surface area contributed by atoms with Crippen LogP contribution in [-0.2, 0) is 16.1 Å². The minimum atomic E-state index is -0.292. The summed E-state index contributed by atoms with van der Waals surface area (Å²) in [6.45, 7) is 3.95. The maximum Gasteiger partial charge on any atom is 0.225 e. The Morgan fingerprint density at radius 3 is 2.57 bits per heavy atom. The third kappa shape index (κ3) is 5.93. The van der Waals surface area contributed by atoms with Crippen molar-refractivity contribution in [3.8, 4) is 0 Å². The summed E-state index contributed by atoms with van der Waals surface area (Å²) < 4.78 is 0. The first-order valence-electron chi connectivity index (χ1n) is 10.2. The fraction of sp³-hybridized carbons (Fsp3) is 0.619. The van der Waals surface area contributed by atoms with Crippen molar-refractivity contribution in [3.05, 3.63) is 34.9 Å². The highest BCUT2D eigenvalue weighted by atomic mass is 35.5.